The number of imidazole rings is 1. The molecule has 2 aromatic heterocycles. The Morgan fingerprint density at radius 2 is 2.33 bits per heavy atom. The van der Waals surface area contributed by atoms with E-state index in [1.807, 2.05) is 0 Å². The second kappa shape index (κ2) is 2.37. The van der Waals surface area contributed by atoms with Crippen molar-refractivity contribution in [2.45, 2.75) is 0 Å². The maximum Gasteiger partial charge on any atom is 0.237 e. The van der Waals surface area contributed by atoms with Crippen LogP contribution in [0.5, 0.6) is 0 Å². The summed E-state index contributed by atoms with van der Waals surface area (Å²) in [6.45, 7) is 0. The van der Waals surface area contributed by atoms with Gasteiger partial charge in [-0.1, -0.05) is 0 Å². The zero-order chi connectivity index (χ0) is 8.55. The van der Waals surface area contributed by atoms with Crippen molar-refractivity contribution in [2.75, 3.05) is 0 Å². The number of aromatic nitrogens is 3. The number of hydrogen-bond acceptors (Lipinski definition) is 3. The third kappa shape index (κ3) is 0.952. The number of fused-ring (bicyclic) bond motifs is 1. The lowest BCUT2D eigenvalue weighted by Crippen LogP contribution is -1.89. The van der Waals surface area contributed by atoms with Crippen molar-refractivity contribution < 1.29 is 9.18 Å². The summed E-state index contributed by atoms with van der Waals surface area (Å²) in [7, 11) is 0. The third-order valence-electron chi connectivity index (χ3n) is 1.43. The van der Waals surface area contributed by atoms with Crippen LogP contribution in [0.15, 0.2) is 18.5 Å². The van der Waals surface area contributed by atoms with Crippen molar-refractivity contribution in [1.29, 1.82) is 0 Å². The van der Waals surface area contributed by atoms with Crippen LogP contribution in [0.3, 0.4) is 0 Å². The molecule has 0 unspecified atom stereocenters. The summed E-state index contributed by atoms with van der Waals surface area (Å²) in [6.07, 6.45) is 3.53. The van der Waals surface area contributed by atoms with Gasteiger partial charge in [0, 0.05) is 18.5 Å². The SMILES string of the molecule is O=Cc1cn2ccc(F)nc2n1. The van der Waals surface area contributed by atoms with E-state index in [9.17, 15) is 9.18 Å². The van der Waals surface area contributed by atoms with E-state index in [0.29, 0.717) is 6.29 Å². The summed E-state index contributed by atoms with van der Waals surface area (Å²) in [5, 5.41) is 0. The maximum atomic E-state index is 12.5. The van der Waals surface area contributed by atoms with Gasteiger partial charge in [0.1, 0.15) is 5.69 Å². The number of carbonyl (C=O) groups is 1. The van der Waals surface area contributed by atoms with Gasteiger partial charge in [0.05, 0.1) is 0 Å². The fraction of sp³-hybridized carbons (Fsp3) is 0. The topological polar surface area (TPSA) is 47.3 Å². The normalized spacial score (nSPS) is 10.4. The Hall–Kier alpha value is -1.78. The average Bonchev–Trinajstić information content (AvgIpc) is 2.46. The maximum absolute atomic E-state index is 12.5. The summed E-state index contributed by atoms with van der Waals surface area (Å²) >= 11 is 0. The fourth-order valence-corrected chi connectivity index (χ4v) is 0.926. The van der Waals surface area contributed by atoms with E-state index in [1.165, 1.54) is 22.9 Å². The second-order valence-corrected chi connectivity index (χ2v) is 2.24. The summed E-state index contributed by atoms with van der Waals surface area (Å²) < 4.78 is 14.0. The molecule has 2 aromatic rings. The highest BCUT2D eigenvalue weighted by Crippen LogP contribution is 2.01. The van der Waals surface area contributed by atoms with Crippen molar-refractivity contribution in [3.8, 4) is 0 Å². The minimum absolute atomic E-state index is 0.192. The predicted octanol–water partition coefficient (Wildman–Crippen LogP) is 0.681. The molecule has 0 aliphatic rings. The van der Waals surface area contributed by atoms with Gasteiger partial charge in [-0.05, 0) is 0 Å². The average molecular weight is 165 g/mol. The van der Waals surface area contributed by atoms with Gasteiger partial charge in [-0.2, -0.15) is 9.37 Å². The molecule has 2 rings (SSSR count). The first kappa shape index (κ1) is 6.90. The summed E-state index contributed by atoms with van der Waals surface area (Å²) in [5.41, 5.74) is 0.244. The number of halogens is 1. The van der Waals surface area contributed by atoms with Crippen molar-refractivity contribution in [3.05, 3.63) is 30.1 Å². The molecule has 0 saturated heterocycles. The molecule has 2 heterocycles. The summed E-state index contributed by atoms with van der Waals surface area (Å²) in [5.74, 6) is -0.414. The van der Waals surface area contributed by atoms with Gasteiger partial charge < -0.3 is 0 Å². The van der Waals surface area contributed by atoms with Gasteiger partial charge in [-0.3, -0.25) is 9.20 Å². The van der Waals surface area contributed by atoms with Gasteiger partial charge in [0.2, 0.25) is 11.7 Å². The lowest BCUT2D eigenvalue weighted by atomic mass is 10.5. The van der Waals surface area contributed by atoms with E-state index in [0.717, 1.165) is 0 Å². The van der Waals surface area contributed by atoms with Gasteiger partial charge in [-0.25, -0.2) is 4.98 Å². The third-order valence-corrected chi connectivity index (χ3v) is 1.43. The Morgan fingerprint density at radius 1 is 1.50 bits per heavy atom. The second-order valence-electron chi connectivity index (χ2n) is 2.24. The molecule has 0 atom stereocenters. The first-order valence-corrected chi connectivity index (χ1v) is 3.26. The van der Waals surface area contributed by atoms with Gasteiger partial charge in [0.15, 0.2) is 6.29 Å². The van der Waals surface area contributed by atoms with Crippen LogP contribution < -0.4 is 0 Å². The number of rotatable bonds is 1. The monoisotopic (exact) mass is 165 g/mol. The molecule has 0 aromatic carbocycles. The highest BCUT2D eigenvalue weighted by Gasteiger charge is 2.01. The van der Waals surface area contributed by atoms with E-state index in [2.05, 4.69) is 9.97 Å². The number of carbonyl (C=O) groups excluding carboxylic acids is 1. The van der Waals surface area contributed by atoms with Crippen LogP contribution >= 0.6 is 0 Å². The lowest BCUT2D eigenvalue weighted by Gasteiger charge is -1.88. The van der Waals surface area contributed by atoms with Crippen LogP contribution in [-0.2, 0) is 0 Å². The molecule has 60 valence electrons. The van der Waals surface area contributed by atoms with Crippen LogP contribution in [0, 0.1) is 5.95 Å². The van der Waals surface area contributed by atoms with Crippen molar-refractivity contribution >= 4 is 12.1 Å². The zero-order valence-electron chi connectivity index (χ0n) is 5.94. The Kier molecular flexibility index (Phi) is 1.36. The van der Waals surface area contributed by atoms with Crippen molar-refractivity contribution in [3.63, 3.8) is 0 Å². The molecule has 0 saturated carbocycles. The zero-order valence-corrected chi connectivity index (χ0v) is 5.94. The quantitative estimate of drug-likeness (QED) is 0.461. The number of aldehydes is 1. The van der Waals surface area contributed by atoms with Crippen LogP contribution in [0.25, 0.3) is 5.78 Å². The van der Waals surface area contributed by atoms with Crippen LogP contribution in [0.2, 0.25) is 0 Å². The molecule has 0 fully saturated rings. The van der Waals surface area contributed by atoms with E-state index in [-0.39, 0.29) is 11.5 Å². The minimum Gasteiger partial charge on any atom is -0.296 e. The molecular weight excluding hydrogens is 161 g/mol. The van der Waals surface area contributed by atoms with Gasteiger partial charge >= 0.3 is 0 Å². The number of hydrogen-bond donors (Lipinski definition) is 0. The Morgan fingerprint density at radius 3 is 3.08 bits per heavy atom. The molecule has 0 radical (unpaired) electrons. The standard InChI is InChI=1S/C7H4FN3O/c8-6-1-2-11-3-5(4-12)9-7(11)10-6/h1-4H. The van der Waals surface area contributed by atoms with E-state index >= 15 is 0 Å². The molecule has 0 aliphatic heterocycles. The molecule has 0 aliphatic carbocycles. The van der Waals surface area contributed by atoms with Crippen LogP contribution in [-0.4, -0.2) is 20.7 Å². The Bertz CT molecular complexity index is 437. The summed E-state index contributed by atoms with van der Waals surface area (Å²) in [6, 6.07) is 1.20. The molecule has 12 heavy (non-hydrogen) atoms. The number of nitrogens with zero attached hydrogens (tertiary/aromatic N) is 3. The van der Waals surface area contributed by atoms with Gasteiger partial charge in [-0.15, -0.1) is 0 Å². The smallest absolute Gasteiger partial charge is 0.237 e. The lowest BCUT2D eigenvalue weighted by molar-refractivity contribution is 0.111. The molecular formula is C7H4FN3O. The predicted molar refractivity (Wildman–Crippen MR) is 38.3 cm³/mol. The Balaban J connectivity index is 2.75. The molecule has 0 spiro atoms. The van der Waals surface area contributed by atoms with Crippen molar-refractivity contribution in [1.82, 2.24) is 14.4 Å². The first-order chi connectivity index (χ1) is 5.79. The molecule has 0 amide bonds. The van der Waals surface area contributed by atoms with E-state index in [1.54, 1.807) is 0 Å². The molecule has 0 N–H and O–H groups in total. The molecule has 0 bridgehead atoms. The summed E-state index contributed by atoms with van der Waals surface area (Å²) in [4.78, 5) is 17.5. The Labute approximate surface area is 66.7 Å². The van der Waals surface area contributed by atoms with Crippen LogP contribution in [0.1, 0.15) is 10.5 Å². The van der Waals surface area contributed by atoms with E-state index < -0.39 is 5.95 Å². The largest absolute Gasteiger partial charge is 0.296 e. The van der Waals surface area contributed by atoms with Gasteiger partial charge in [0.25, 0.3) is 0 Å². The van der Waals surface area contributed by atoms with Crippen LogP contribution in [0.4, 0.5) is 4.39 Å². The fourth-order valence-electron chi connectivity index (χ4n) is 0.926. The highest BCUT2D eigenvalue weighted by atomic mass is 19.1. The minimum atomic E-state index is -0.606. The van der Waals surface area contributed by atoms with E-state index in [4.69, 9.17) is 0 Å². The first-order valence-electron chi connectivity index (χ1n) is 3.26. The van der Waals surface area contributed by atoms with Crippen molar-refractivity contribution in [2.24, 2.45) is 0 Å². The molecule has 4 nitrogen and oxygen atoms in total. The molecule has 5 heteroatoms. The highest BCUT2D eigenvalue weighted by molar-refractivity contribution is 5.72.